The number of nitrogens with zero attached hydrogens (tertiary/aromatic N) is 1. The van der Waals surface area contributed by atoms with Crippen LogP contribution in [0.4, 0.5) is 0 Å². The number of nitrogens with one attached hydrogen (secondary N) is 1. The van der Waals surface area contributed by atoms with Crippen molar-refractivity contribution in [3.8, 4) is 5.75 Å². The SMILES string of the molecule is CCCC[C@H](c1c(O)ccc2ccccc12)N1CCNCC1.Cl.Cl. The van der Waals surface area contributed by atoms with Gasteiger partial charge in [0.2, 0.25) is 0 Å². The number of rotatable bonds is 5. The Balaban J connectivity index is 0.00000144. The van der Waals surface area contributed by atoms with E-state index < -0.39 is 0 Å². The maximum Gasteiger partial charge on any atom is 0.121 e. The average molecular weight is 371 g/mol. The summed E-state index contributed by atoms with van der Waals surface area (Å²) in [4.78, 5) is 2.54. The normalized spacial score (nSPS) is 16.2. The molecule has 1 fully saturated rings. The molecule has 0 aliphatic carbocycles. The molecule has 24 heavy (non-hydrogen) atoms. The summed E-state index contributed by atoms with van der Waals surface area (Å²) in [5.74, 6) is 0.443. The largest absolute Gasteiger partial charge is 0.508 e. The number of unbranched alkanes of at least 4 members (excludes halogenated alkanes) is 1. The molecule has 0 amide bonds. The molecule has 0 bridgehead atoms. The average Bonchev–Trinajstić information content (AvgIpc) is 2.58. The topological polar surface area (TPSA) is 35.5 Å². The van der Waals surface area contributed by atoms with Gasteiger partial charge in [-0.3, -0.25) is 4.90 Å². The van der Waals surface area contributed by atoms with Crippen LogP contribution in [0.5, 0.6) is 5.75 Å². The van der Waals surface area contributed by atoms with Gasteiger partial charge in [0, 0.05) is 37.8 Å². The van der Waals surface area contributed by atoms with Crippen molar-refractivity contribution in [3.05, 3.63) is 42.0 Å². The molecule has 1 aliphatic rings. The lowest BCUT2D eigenvalue weighted by molar-refractivity contribution is 0.162. The van der Waals surface area contributed by atoms with Gasteiger partial charge < -0.3 is 10.4 Å². The minimum absolute atomic E-state index is 0. The molecule has 1 atom stereocenters. The van der Waals surface area contributed by atoms with Crippen molar-refractivity contribution in [2.24, 2.45) is 0 Å². The highest BCUT2D eigenvalue weighted by Crippen LogP contribution is 2.38. The molecule has 0 radical (unpaired) electrons. The minimum Gasteiger partial charge on any atom is -0.508 e. The quantitative estimate of drug-likeness (QED) is 0.811. The zero-order valence-electron chi connectivity index (χ0n) is 14.2. The standard InChI is InChI=1S/C19H26N2O.2ClH/c1-2-3-8-17(21-13-11-20-12-14-21)19-16-7-5-4-6-15(16)9-10-18(19)22;;/h4-7,9-10,17,20,22H,2-3,8,11-14H2,1H3;2*1H/t17-;;/m1../s1. The van der Waals surface area contributed by atoms with E-state index in [1.807, 2.05) is 12.1 Å². The summed E-state index contributed by atoms with van der Waals surface area (Å²) in [6, 6.07) is 12.6. The lowest BCUT2D eigenvalue weighted by Gasteiger charge is -2.36. The van der Waals surface area contributed by atoms with E-state index in [1.165, 1.54) is 23.6 Å². The highest BCUT2D eigenvalue weighted by atomic mass is 35.5. The number of fused-ring (bicyclic) bond motifs is 1. The van der Waals surface area contributed by atoms with E-state index in [-0.39, 0.29) is 24.8 Å². The van der Waals surface area contributed by atoms with E-state index in [0.29, 0.717) is 11.8 Å². The van der Waals surface area contributed by atoms with E-state index >= 15 is 0 Å². The van der Waals surface area contributed by atoms with Crippen molar-refractivity contribution in [2.45, 2.75) is 32.2 Å². The molecule has 2 N–H and O–H groups in total. The first-order valence-corrected chi connectivity index (χ1v) is 8.46. The van der Waals surface area contributed by atoms with Crippen molar-refractivity contribution < 1.29 is 5.11 Å². The number of hydrogen-bond acceptors (Lipinski definition) is 3. The second-order valence-electron chi connectivity index (χ2n) is 6.16. The van der Waals surface area contributed by atoms with Crippen LogP contribution in [0.15, 0.2) is 36.4 Å². The molecule has 5 heteroatoms. The molecule has 1 heterocycles. The van der Waals surface area contributed by atoms with E-state index in [1.54, 1.807) is 0 Å². The predicted molar refractivity (Wildman–Crippen MR) is 107 cm³/mol. The van der Waals surface area contributed by atoms with Crippen molar-refractivity contribution in [3.63, 3.8) is 0 Å². The van der Waals surface area contributed by atoms with Gasteiger partial charge in [0.15, 0.2) is 0 Å². The van der Waals surface area contributed by atoms with Gasteiger partial charge in [0.1, 0.15) is 5.75 Å². The zero-order chi connectivity index (χ0) is 15.4. The van der Waals surface area contributed by atoms with Crippen LogP contribution in [0.1, 0.15) is 37.8 Å². The van der Waals surface area contributed by atoms with E-state index in [0.717, 1.165) is 38.2 Å². The molecule has 0 saturated carbocycles. The van der Waals surface area contributed by atoms with Crippen molar-refractivity contribution in [2.75, 3.05) is 26.2 Å². The van der Waals surface area contributed by atoms with Crippen LogP contribution in [-0.2, 0) is 0 Å². The smallest absolute Gasteiger partial charge is 0.121 e. The summed E-state index contributed by atoms with van der Waals surface area (Å²) in [6.45, 7) is 6.41. The molecule has 1 saturated heterocycles. The van der Waals surface area contributed by atoms with Gasteiger partial charge in [-0.15, -0.1) is 24.8 Å². The fourth-order valence-corrected chi connectivity index (χ4v) is 3.54. The monoisotopic (exact) mass is 370 g/mol. The van der Waals surface area contributed by atoms with E-state index in [2.05, 4.69) is 41.4 Å². The molecule has 0 unspecified atom stereocenters. The Morgan fingerprint density at radius 1 is 1.08 bits per heavy atom. The van der Waals surface area contributed by atoms with Gasteiger partial charge in [0.25, 0.3) is 0 Å². The fourth-order valence-electron chi connectivity index (χ4n) is 3.54. The maximum absolute atomic E-state index is 10.6. The van der Waals surface area contributed by atoms with Gasteiger partial charge in [-0.05, 0) is 23.3 Å². The number of phenolic OH excluding ortho intramolecular Hbond substituents is 1. The third kappa shape index (κ3) is 4.54. The molecule has 0 aromatic heterocycles. The Labute approximate surface area is 157 Å². The molecule has 2 aromatic rings. The van der Waals surface area contributed by atoms with Gasteiger partial charge in [-0.1, -0.05) is 50.1 Å². The van der Waals surface area contributed by atoms with Gasteiger partial charge in [-0.25, -0.2) is 0 Å². The number of halogens is 2. The van der Waals surface area contributed by atoms with Crippen LogP contribution in [0, 0.1) is 0 Å². The molecule has 2 aromatic carbocycles. The second-order valence-corrected chi connectivity index (χ2v) is 6.16. The molecule has 134 valence electrons. The van der Waals surface area contributed by atoms with Crippen molar-refractivity contribution in [1.29, 1.82) is 0 Å². The van der Waals surface area contributed by atoms with Crippen LogP contribution >= 0.6 is 24.8 Å². The van der Waals surface area contributed by atoms with Crippen LogP contribution < -0.4 is 5.32 Å². The Morgan fingerprint density at radius 2 is 1.79 bits per heavy atom. The van der Waals surface area contributed by atoms with E-state index in [4.69, 9.17) is 0 Å². The van der Waals surface area contributed by atoms with Crippen LogP contribution in [0.25, 0.3) is 10.8 Å². The number of aromatic hydroxyl groups is 1. The molecule has 3 rings (SSSR count). The summed E-state index contributed by atoms with van der Waals surface area (Å²) in [7, 11) is 0. The third-order valence-electron chi connectivity index (χ3n) is 4.70. The minimum atomic E-state index is 0. The molecular weight excluding hydrogens is 343 g/mol. The number of hydrogen-bond donors (Lipinski definition) is 2. The van der Waals surface area contributed by atoms with Crippen LogP contribution in [0.2, 0.25) is 0 Å². The summed E-state index contributed by atoms with van der Waals surface area (Å²) in [5.41, 5.74) is 1.12. The Kier molecular flexibility index (Phi) is 8.85. The molecule has 1 aliphatic heterocycles. The highest BCUT2D eigenvalue weighted by molar-refractivity contribution is 5.88. The number of phenols is 1. The first-order chi connectivity index (χ1) is 10.8. The lowest BCUT2D eigenvalue weighted by atomic mass is 9.92. The van der Waals surface area contributed by atoms with Gasteiger partial charge >= 0.3 is 0 Å². The predicted octanol–water partition coefficient (Wildman–Crippen LogP) is 4.53. The maximum atomic E-state index is 10.6. The lowest BCUT2D eigenvalue weighted by Crippen LogP contribution is -2.45. The zero-order valence-corrected chi connectivity index (χ0v) is 15.8. The third-order valence-corrected chi connectivity index (χ3v) is 4.70. The summed E-state index contributed by atoms with van der Waals surface area (Å²) < 4.78 is 0. The summed E-state index contributed by atoms with van der Waals surface area (Å²) in [6.07, 6.45) is 3.49. The molecule has 3 nitrogen and oxygen atoms in total. The first kappa shape index (κ1) is 21.0. The molecular formula is C19H28Cl2N2O. The summed E-state index contributed by atoms with van der Waals surface area (Å²) in [5, 5.41) is 16.4. The van der Waals surface area contributed by atoms with Crippen LogP contribution in [-0.4, -0.2) is 36.2 Å². The highest BCUT2D eigenvalue weighted by Gasteiger charge is 2.25. The molecule has 0 spiro atoms. The van der Waals surface area contributed by atoms with Crippen LogP contribution in [0.3, 0.4) is 0 Å². The van der Waals surface area contributed by atoms with Gasteiger partial charge in [-0.2, -0.15) is 0 Å². The Morgan fingerprint density at radius 3 is 2.50 bits per heavy atom. The second kappa shape index (κ2) is 10.1. The Bertz CT molecular complexity index is 630. The summed E-state index contributed by atoms with van der Waals surface area (Å²) >= 11 is 0. The van der Waals surface area contributed by atoms with Gasteiger partial charge in [0.05, 0.1) is 0 Å². The number of piperazine rings is 1. The fraction of sp³-hybridized carbons (Fsp3) is 0.474. The Hall–Kier alpha value is -1.00. The number of benzene rings is 2. The van der Waals surface area contributed by atoms with Crippen molar-refractivity contribution >= 4 is 35.6 Å². The van der Waals surface area contributed by atoms with E-state index in [9.17, 15) is 5.11 Å². The first-order valence-electron chi connectivity index (χ1n) is 8.46. The van der Waals surface area contributed by atoms with Crippen molar-refractivity contribution in [1.82, 2.24) is 10.2 Å².